The summed E-state index contributed by atoms with van der Waals surface area (Å²) in [5.74, 6) is 0. The Kier molecular flexibility index (Phi) is 2.37. The van der Waals surface area contributed by atoms with Crippen molar-refractivity contribution in [1.29, 1.82) is 0 Å². The van der Waals surface area contributed by atoms with Gasteiger partial charge in [-0.1, -0.05) is 0 Å². The highest BCUT2D eigenvalue weighted by Gasteiger charge is 2.45. The lowest BCUT2D eigenvalue weighted by molar-refractivity contribution is 0.122. The van der Waals surface area contributed by atoms with E-state index in [2.05, 4.69) is 18.7 Å². The third-order valence-electron chi connectivity index (χ3n) is 3.95. The van der Waals surface area contributed by atoms with Crippen LogP contribution in [-0.4, -0.2) is 35.2 Å². The lowest BCUT2D eigenvalue weighted by atomic mass is 10.1. The smallest absolute Gasteiger partial charge is 0.0499 e. The molecule has 0 bridgehead atoms. The number of rotatable bonds is 3. The van der Waals surface area contributed by atoms with Crippen molar-refractivity contribution in [2.24, 2.45) is 5.41 Å². The van der Waals surface area contributed by atoms with Crippen LogP contribution in [0.4, 0.5) is 0 Å². The fraction of sp³-hybridized carbons (Fsp3) is 1.00. The number of hydrogen-bond donors (Lipinski definition) is 1. The van der Waals surface area contributed by atoms with Gasteiger partial charge >= 0.3 is 0 Å². The largest absolute Gasteiger partial charge is 0.396 e. The maximum absolute atomic E-state index is 9.26. The van der Waals surface area contributed by atoms with E-state index in [0.717, 1.165) is 18.6 Å². The molecule has 0 radical (unpaired) electrons. The van der Waals surface area contributed by atoms with Crippen molar-refractivity contribution in [2.45, 2.75) is 51.6 Å². The second-order valence-corrected chi connectivity index (χ2v) is 5.11. The first-order valence-electron chi connectivity index (χ1n) is 5.53. The highest BCUT2D eigenvalue weighted by atomic mass is 16.3. The van der Waals surface area contributed by atoms with E-state index in [1.54, 1.807) is 0 Å². The van der Waals surface area contributed by atoms with Gasteiger partial charge in [-0.25, -0.2) is 0 Å². The maximum atomic E-state index is 9.26. The van der Waals surface area contributed by atoms with Gasteiger partial charge in [-0.05, 0) is 39.5 Å². The third-order valence-corrected chi connectivity index (χ3v) is 3.95. The van der Waals surface area contributed by atoms with Gasteiger partial charge in [0, 0.05) is 30.7 Å². The van der Waals surface area contributed by atoms with E-state index in [-0.39, 0.29) is 0 Å². The summed E-state index contributed by atoms with van der Waals surface area (Å²) in [7, 11) is 0. The fourth-order valence-electron chi connectivity index (χ4n) is 2.49. The van der Waals surface area contributed by atoms with Gasteiger partial charge in [0.15, 0.2) is 0 Å². The molecule has 0 aromatic heterocycles. The number of aliphatic hydroxyl groups excluding tert-OH is 1. The summed E-state index contributed by atoms with van der Waals surface area (Å²) >= 11 is 0. The topological polar surface area (TPSA) is 23.5 Å². The predicted molar refractivity (Wildman–Crippen MR) is 53.6 cm³/mol. The van der Waals surface area contributed by atoms with Crippen LogP contribution in [0, 0.1) is 5.41 Å². The Morgan fingerprint density at radius 3 is 2.15 bits per heavy atom. The summed E-state index contributed by atoms with van der Waals surface area (Å²) in [6.45, 7) is 6.16. The van der Waals surface area contributed by atoms with Gasteiger partial charge < -0.3 is 5.11 Å². The van der Waals surface area contributed by atoms with E-state index in [1.807, 2.05) is 0 Å². The van der Waals surface area contributed by atoms with Crippen molar-refractivity contribution >= 4 is 0 Å². The van der Waals surface area contributed by atoms with Crippen molar-refractivity contribution in [3.05, 3.63) is 0 Å². The zero-order valence-corrected chi connectivity index (χ0v) is 8.79. The maximum Gasteiger partial charge on any atom is 0.0499 e. The van der Waals surface area contributed by atoms with Gasteiger partial charge in [0.2, 0.25) is 0 Å². The normalized spacial score (nSPS) is 38.1. The second kappa shape index (κ2) is 3.25. The van der Waals surface area contributed by atoms with E-state index < -0.39 is 0 Å². The average Bonchev–Trinajstić information content (AvgIpc) is 2.84. The molecule has 2 heteroatoms. The van der Waals surface area contributed by atoms with E-state index in [0.29, 0.717) is 12.0 Å². The minimum atomic E-state index is 0.298. The minimum Gasteiger partial charge on any atom is -0.396 e. The molecule has 2 nitrogen and oxygen atoms in total. The molecule has 1 aliphatic heterocycles. The van der Waals surface area contributed by atoms with Gasteiger partial charge in [0.1, 0.15) is 0 Å². The average molecular weight is 183 g/mol. The van der Waals surface area contributed by atoms with Crippen LogP contribution in [0.3, 0.4) is 0 Å². The Labute approximate surface area is 80.9 Å². The first kappa shape index (κ1) is 9.47. The molecule has 0 aromatic carbocycles. The van der Waals surface area contributed by atoms with Crippen LogP contribution in [0.25, 0.3) is 0 Å². The molecule has 2 fully saturated rings. The van der Waals surface area contributed by atoms with Gasteiger partial charge in [-0.3, -0.25) is 4.90 Å². The Morgan fingerprint density at radius 1 is 1.23 bits per heavy atom. The first-order chi connectivity index (χ1) is 6.17. The number of likely N-dealkylation sites (tertiary alicyclic amines) is 1. The van der Waals surface area contributed by atoms with E-state index in [4.69, 9.17) is 0 Å². The first-order valence-corrected chi connectivity index (χ1v) is 5.53. The van der Waals surface area contributed by atoms with Crippen LogP contribution in [0.15, 0.2) is 0 Å². The van der Waals surface area contributed by atoms with Crippen molar-refractivity contribution in [3.63, 3.8) is 0 Å². The van der Waals surface area contributed by atoms with Crippen LogP contribution >= 0.6 is 0 Å². The summed E-state index contributed by atoms with van der Waals surface area (Å²) < 4.78 is 0. The Bertz CT molecular complexity index is 179. The molecule has 2 aliphatic rings. The Morgan fingerprint density at radius 2 is 1.77 bits per heavy atom. The molecular weight excluding hydrogens is 162 g/mol. The molecule has 1 heterocycles. The molecule has 2 rings (SSSR count). The van der Waals surface area contributed by atoms with Crippen LogP contribution in [-0.2, 0) is 0 Å². The lowest BCUT2D eigenvalue weighted by Crippen LogP contribution is -2.38. The number of nitrogens with zero attached hydrogens (tertiary/aromatic N) is 1. The zero-order chi connectivity index (χ0) is 9.47. The molecule has 13 heavy (non-hydrogen) atoms. The Balaban J connectivity index is 1.93. The summed E-state index contributed by atoms with van der Waals surface area (Å²) in [5.41, 5.74) is 0.298. The van der Waals surface area contributed by atoms with Crippen molar-refractivity contribution < 1.29 is 5.11 Å². The monoisotopic (exact) mass is 183 g/mol. The quantitative estimate of drug-likeness (QED) is 0.719. The minimum absolute atomic E-state index is 0.298. The standard InChI is InChI=1S/C11H21NO/c1-9-3-4-10(2)12(9)7-11(8-13)5-6-11/h9-10,13H,3-8H2,1-2H3. The van der Waals surface area contributed by atoms with Crippen LogP contribution in [0.1, 0.15) is 39.5 Å². The molecule has 1 N–H and O–H groups in total. The molecule has 0 spiro atoms. The summed E-state index contributed by atoms with van der Waals surface area (Å²) in [6, 6.07) is 1.47. The number of hydrogen-bond acceptors (Lipinski definition) is 2. The molecule has 0 amide bonds. The van der Waals surface area contributed by atoms with Crippen molar-refractivity contribution in [1.82, 2.24) is 4.90 Å². The van der Waals surface area contributed by atoms with Gasteiger partial charge in [0.05, 0.1) is 0 Å². The molecule has 1 saturated carbocycles. The molecule has 1 saturated heterocycles. The molecule has 2 unspecified atom stereocenters. The van der Waals surface area contributed by atoms with Crippen LogP contribution in [0.2, 0.25) is 0 Å². The zero-order valence-electron chi connectivity index (χ0n) is 8.79. The molecular formula is C11H21NO. The van der Waals surface area contributed by atoms with Crippen LogP contribution < -0.4 is 0 Å². The molecule has 76 valence electrons. The van der Waals surface area contributed by atoms with Gasteiger partial charge in [0.25, 0.3) is 0 Å². The van der Waals surface area contributed by atoms with E-state index in [1.165, 1.54) is 25.7 Å². The SMILES string of the molecule is CC1CCC(C)N1CC1(CO)CC1. The number of aliphatic hydroxyl groups is 1. The van der Waals surface area contributed by atoms with Crippen molar-refractivity contribution in [3.8, 4) is 0 Å². The summed E-state index contributed by atoms with van der Waals surface area (Å²) in [4.78, 5) is 2.59. The summed E-state index contributed by atoms with van der Waals surface area (Å²) in [6.07, 6.45) is 5.14. The second-order valence-electron chi connectivity index (χ2n) is 5.11. The highest BCUT2D eigenvalue weighted by Crippen LogP contribution is 2.47. The van der Waals surface area contributed by atoms with Crippen molar-refractivity contribution in [2.75, 3.05) is 13.2 Å². The fourth-order valence-corrected chi connectivity index (χ4v) is 2.49. The molecule has 0 aromatic rings. The predicted octanol–water partition coefficient (Wildman–Crippen LogP) is 1.63. The lowest BCUT2D eigenvalue weighted by Gasteiger charge is -2.29. The van der Waals surface area contributed by atoms with Gasteiger partial charge in [-0.15, -0.1) is 0 Å². The molecule has 1 aliphatic carbocycles. The van der Waals surface area contributed by atoms with Gasteiger partial charge in [-0.2, -0.15) is 0 Å². The van der Waals surface area contributed by atoms with E-state index >= 15 is 0 Å². The summed E-state index contributed by atoms with van der Waals surface area (Å²) in [5, 5.41) is 9.26. The van der Waals surface area contributed by atoms with Crippen LogP contribution in [0.5, 0.6) is 0 Å². The third kappa shape index (κ3) is 1.75. The highest BCUT2D eigenvalue weighted by molar-refractivity contribution is 4.98. The Hall–Kier alpha value is -0.0800. The van der Waals surface area contributed by atoms with E-state index in [9.17, 15) is 5.11 Å². The molecule has 2 atom stereocenters.